The molecule has 2 rings (SSSR count). The van der Waals surface area contributed by atoms with E-state index in [-0.39, 0.29) is 5.75 Å². The largest absolute Gasteiger partial charge is 0.508 e. The maximum atomic E-state index is 9.10. The number of hydrogen-bond acceptors (Lipinski definition) is 2. The van der Waals surface area contributed by atoms with E-state index < -0.39 is 0 Å². The summed E-state index contributed by atoms with van der Waals surface area (Å²) in [6.45, 7) is 0.648. The standard InChI is InChI=1S/C14H14O2/c15-13-6-8-14(9-7-13)16-11-10-12-4-2-1-3-5-12/h1-9,15H,10-11H2. The van der Waals surface area contributed by atoms with Gasteiger partial charge in [-0.15, -0.1) is 0 Å². The zero-order valence-electron chi connectivity index (χ0n) is 8.97. The van der Waals surface area contributed by atoms with Gasteiger partial charge in [0.1, 0.15) is 11.5 Å². The van der Waals surface area contributed by atoms with E-state index in [1.54, 1.807) is 24.3 Å². The van der Waals surface area contributed by atoms with Crippen molar-refractivity contribution in [3.8, 4) is 11.5 Å². The first kappa shape index (κ1) is 10.6. The number of phenolic OH excluding ortho intramolecular Hbond substituents is 1. The molecular weight excluding hydrogens is 200 g/mol. The third kappa shape index (κ3) is 3.02. The molecule has 2 aromatic carbocycles. The third-order valence-corrected chi connectivity index (χ3v) is 2.34. The van der Waals surface area contributed by atoms with Gasteiger partial charge in [-0.1, -0.05) is 30.3 Å². The topological polar surface area (TPSA) is 29.5 Å². The molecule has 0 saturated heterocycles. The van der Waals surface area contributed by atoms with Crippen LogP contribution in [-0.2, 0) is 6.42 Å². The first-order chi connectivity index (χ1) is 7.84. The molecule has 0 unspecified atom stereocenters. The van der Waals surface area contributed by atoms with E-state index in [0.717, 1.165) is 12.2 Å². The maximum Gasteiger partial charge on any atom is 0.119 e. The Bertz CT molecular complexity index is 420. The van der Waals surface area contributed by atoms with Crippen LogP contribution in [0.15, 0.2) is 54.6 Å². The summed E-state index contributed by atoms with van der Waals surface area (Å²) in [5.74, 6) is 1.05. The lowest BCUT2D eigenvalue weighted by Gasteiger charge is -2.05. The summed E-state index contributed by atoms with van der Waals surface area (Å²) in [7, 11) is 0. The molecule has 0 saturated carbocycles. The molecule has 2 nitrogen and oxygen atoms in total. The highest BCUT2D eigenvalue weighted by Gasteiger charge is 1.95. The van der Waals surface area contributed by atoms with Crippen LogP contribution in [0.4, 0.5) is 0 Å². The van der Waals surface area contributed by atoms with E-state index in [9.17, 15) is 0 Å². The fourth-order valence-electron chi connectivity index (χ4n) is 1.47. The molecule has 0 fully saturated rings. The Balaban J connectivity index is 1.82. The number of aromatic hydroxyl groups is 1. The molecule has 0 aliphatic carbocycles. The molecule has 0 bridgehead atoms. The zero-order chi connectivity index (χ0) is 11.2. The van der Waals surface area contributed by atoms with Gasteiger partial charge in [0.2, 0.25) is 0 Å². The number of benzene rings is 2. The Morgan fingerprint density at radius 1 is 0.875 bits per heavy atom. The van der Waals surface area contributed by atoms with Gasteiger partial charge in [0.25, 0.3) is 0 Å². The summed E-state index contributed by atoms with van der Waals surface area (Å²) in [6, 6.07) is 17.0. The van der Waals surface area contributed by atoms with Gasteiger partial charge in [0.05, 0.1) is 6.61 Å². The molecule has 16 heavy (non-hydrogen) atoms. The molecule has 0 radical (unpaired) electrons. The average Bonchev–Trinajstić information content (AvgIpc) is 2.33. The molecular formula is C14H14O2. The highest BCUT2D eigenvalue weighted by Crippen LogP contribution is 2.16. The molecule has 0 heterocycles. The Kier molecular flexibility index (Phi) is 3.44. The average molecular weight is 214 g/mol. The predicted octanol–water partition coefficient (Wildman–Crippen LogP) is 3.01. The van der Waals surface area contributed by atoms with Gasteiger partial charge < -0.3 is 9.84 Å². The fourth-order valence-corrected chi connectivity index (χ4v) is 1.47. The summed E-state index contributed by atoms with van der Waals surface area (Å²) >= 11 is 0. The fraction of sp³-hybridized carbons (Fsp3) is 0.143. The Morgan fingerprint density at radius 2 is 1.56 bits per heavy atom. The highest BCUT2D eigenvalue weighted by atomic mass is 16.5. The summed E-state index contributed by atoms with van der Waals surface area (Å²) in [6.07, 6.45) is 0.891. The normalized spacial score (nSPS) is 10.0. The number of rotatable bonds is 4. The lowest BCUT2D eigenvalue weighted by atomic mass is 10.2. The van der Waals surface area contributed by atoms with Crippen molar-refractivity contribution in [3.63, 3.8) is 0 Å². The summed E-state index contributed by atoms with van der Waals surface area (Å²) < 4.78 is 5.55. The van der Waals surface area contributed by atoms with Gasteiger partial charge in [-0.25, -0.2) is 0 Å². The van der Waals surface area contributed by atoms with Gasteiger partial charge in [0.15, 0.2) is 0 Å². The van der Waals surface area contributed by atoms with Crippen LogP contribution < -0.4 is 4.74 Å². The van der Waals surface area contributed by atoms with Crippen molar-refractivity contribution in [1.82, 2.24) is 0 Å². The smallest absolute Gasteiger partial charge is 0.119 e. The molecule has 0 atom stereocenters. The molecule has 0 spiro atoms. The molecule has 2 heteroatoms. The van der Waals surface area contributed by atoms with Gasteiger partial charge in [-0.2, -0.15) is 0 Å². The van der Waals surface area contributed by atoms with Gasteiger partial charge in [0, 0.05) is 6.42 Å². The summed E-state index contributed by atoms with van der Waals surface area (Å²) in [5.41, 5.74) is 1.27. The number of hydrogen-bond donors (Lipinski definition) is 1. The summed E-state index contributed by atoms with van der Waals surface area (Å²) in [4.78, 5) is 0. The van der Waals surface area contributed by atoms with Gasteiger partial charge in [-0.3, -0.25) is 0 Å². The second-order valence-corrected chi connectivity index (χ2v) is 3.58. The van der Waals surface area contributed by atoms with Gasteiger partial charge in [-0.05, 0) is 29.8 Å². The van der Waals surface area contributed by atoms with Crippen LogP contribution in [0, 0.1) is 0 Å². The van der Waals surface area contributed by atoms with Crippen LogP contribution in [0.25, 0.3) is 0 Å². The first-order valence-corrected chi connectivity index (χ1v) is 5.30. The van der Waals surface area contributed by atoms with Gasteiger partial charge >= 0.3 is 0 Å². The molecule has 2 aromatic rings. The highest BCUT2D eigenvalue weighted by molar-refractivity contribution is 5.30. The first-order valence-electron chi connectivity index (χ1n) is 5.30. The molecule has 0 aromatic heterocycles. The van der Waals surface area contributed by atoms with E-state index in [4.69, 9.17) is 9.84 Å². The molecule has 1 N–H and O–H groups in total. The minimum absolute atomic E-state index is 0.260. The molecule has 82 valence electrons. The Hall–Kier alpha value is -1.96. The van der Waals surface area contributed by atoms with E-state index >= 15 is 0 Å². The van der Waals surface area contributed by atoms with Crippen molar-refractivity contribution in [2.24, 2.45) is 0 Å². The quantitative estimate of drug-likeness (QED) is 0.847. The van der Waals surface area contributed by atoms with Crippen molar-refractivity contribution in [2.75, 3.05) is 6.61 Å². The van der Waals surface area contributed by atoms with E-state index in [1.165, 1.54) is 5.56 Å². The third-order valence-electron chi connectivity index (χ3n) is 2.34. The van der Waals surface area contributed by atoms with Crippen LogP contribution in [0.3, 0.4) is 0 Å². The predicted molar refractivity (Wildman–Crippen MR) is 63.7 cm³/mol. The minimum atomic E-state index is 0.260. The van der Waals surface area contributed by atoms with E-state index in [2.05, 4.69) is 12.1 Å². The molecule has 0 amide bonds. The van der Waals surface area contributed by atoms with Crippen LogP contribution in [0.5, 0.6) is 11.5 Å². The van der Waals surface area contributed by atoms with E-state index in [0.29, 0.717) is 6.61 Å². The summed E-state index contributed by atoms with van der Waals surface area (Å²) in [5, 5.41) is 9.10. The SMILES string of the molecule is Oc1ccc(OCCc2ccccc2)cc1. The van der Waals surface area contributed by atoms with Crippen molar-refractivity contribution >= 4 is 0 Å². The number of ether oxygens (including phenoxy) is 1. The van der Waals surface area contributed by atoms with Crippen molar-refractivity contribution in [3.05, 3.63) is 60.2 Å². The van der Waals surface area contributed by atoms with Crippen molar-refractivity contribution < 1.29 is 9.84 Å². The van der Waals surface area contributed by atoms with Crippen LogP contribution in [0.1, 0.15) is 5.56 Å². The lowest BCUT2D eigenvalue weighted by molar-refractivity contribution is 0.321. The minimum Gasteiger partial charge on any atom is -0.508 e. The maximum absolute atomic E-state index is 9.10. The molecule has 0 aliphatic heterocycles. The van der Waals surface area contributed by atoms with Crippen LogP contribution in [0.2, 0.25) is 0 Å². The van der Waals surface area contributed by atoms with Crippen molar-refractivity contribution in [1.29, 1.82) is 0 Å². The van der Waals surface area contributed by atoms with Crippen molar-refractivity contribution in [2.45, 2.75) is 6.42 Å². The van der Waals surface area contributed by atoms with Crippen LogP contribution in [-0.4, -0.2) is 11.7 Å². The zero-order valence-corrected chi connectivity index (χ0v) is 8.97. The second kappa shape index (κ2) is 5.21. The lowest BCUT2D eigenvalue weighted by Crippen LogP contribution is -2.00. The number of phenols is 1. The monoisotopic (exact) mass is 214 g/mol. The van der Waals surface area contributed by atoms with Crippen LogP contribution >= 0.6 is 0 Å². The van der Waals surface area contributed by atoms with E-state index in [1.807, 2.05) is 18.2 Å². The molecule has 0 aliphatic rings. The Labute approximate surface area is 95.1 Å². The second-order valence-electron chi connectivity index (χ2n) is 3.58. The Morgan fingerprint density at radius 3 is 2.25 bits per heavy atom.